The summed E-state index contributed by atoms with van der Waals surface area (Å²) in [7, 11) is 0. The van der Waals surface area contributed by atoms with Crippen molar-refractivity contribution in [3.05, 3.63) is 101 Å². The highest BCUT2D eigenvalue weighted by Gasteiger charge is 2.19. The van der Waals surface area contributed by atoms with Gasteiger partial charge in [-0.05, 0) is 61.4 Å². The topological polar surface area (TPSA) is 113 Å². The molecule has 0 atom stereocenters. The molecule has 162 valence electrons. The molecule has 0 saturated heterocycles. The lowest BCUT2D eigenvalue weighted by atomic mass is 10.1. The Morgan fingerprint density at radius 3 is 1.91 bits per heavy atom. The number of amides is 2. The molecular weight excluding hydrogens is 416 g/mol. The van der Waals surface area contributed by atoms with Crippen LogP contribution in [0.1, 0.15) is 37.4 Å². The molecule has 0 spiro atoms. The van der Waals surface area contributed by atoms with Gasteiger partial charge in [0.25, 0.3) is 17.8 Å². The van der Waals surface area contributed by atoms with Gasteiger partial charge in [0.1, 0.15) is 0 Å². The summed E-state index contributed by atoms with van der Waals surface area (Å²) in [5, 5.41) is 18.9. The summed E-state index contributed by atoms with van der Waals surface area (Å²) in [5.41, 5.74) is 3.67. The van der Waals surface area contributed by atoms with E-state index >= 15 is 0 Å². The number of carbonyl (C=O) groups excluding carboxylic acids is 2. The largest absolute Gasteiger partial charge is 0.290 e. The number of hydrogen-bond donors (Lipinski definition) is 2. The molecule has 0 aliphatic heterocycles. The molecular formula is C25H20N6O2. The van der Waals surface area contributed by atoms with Crippen LogP contribution in [0.25, 0.3) is 5.69 Å². The fraction of sp³-hybridized carbons (Fsp3) is 0.0800. The number of nitrogens with zero attached hydrogens (tertiary/aromatic N) is 4. The van der Waals surface area contributed by atoms with Crippen molar-refractivity contribution in [1.82, 2.24) is 14.8 Å². The molecule has 1 aromatic heterocycles. The summed E-state index contributed by atoms with van der Waals surface area (Å²) in [6.45, 7) is 3.68. The predicted octanol–water partition coefficient (Wildman–Crippen LogP) is 4.26. The molecule has 0 aliphatic carbocycles. The van der Waals surface area contributed by atoms with E-state index in [4.69, 9.17) is 5.26 Å². The van der Waals surface area contributed by atoms with Crippen LogP contribution in [0, 0.1) is 25.2 Å². The molecule has 1 heterocycles. The lowest BCUT2D eigenvalue weighted by molar-refractivity contribution is 0.101. The average Bonchev–Trinajstić information content (AvgIpc) is 3.21. The monoisotopic (exact) mass is 436 g/mol. The highest BCUT2D eigenvalue weighted by molar-refractivity contribution is 6.06. The molecule has 2 N–H and O–H groups in total. The zero-order valence-corrected chi connectivity index (χ0v) is 18.0. The predicted molar refractivity (Wildman–Crippen MR) is 124 cm³/mol. The Balaban J connectivity index is 1.69. The van der Waals surface area contributed by atoms with Crippen LogP contribution in [-0.4, -0.2) is 26.6 Å². The summed E-state index contributed by atoms with van der Waals surface area (Å²) in [6.07, 6.45) is 0. The number of anilines is 2. The molecule has 0 fully saturated rings. The second kappa shape index (κ2) is 9.16. The van der Waals surface area contributed by atoms with Crippen LogP contribution in [0.15, 0.2) is 72.8 Å². The third-order valence-electron chi connectivity index (χ3n) is 5.08. The number of nitriles is 1. The van der Waals surface area contributed by atoms with Crippen LogP contribution < -0.4 is 10.6 Å². The number of nitrogens with one attached hydrogen (secondary N) is 2. The summed E-state index contributed by atoms with van der Waals surface area (Å²) in [5.74, 6) is -0.547. The van der Waals surface area contributed by atoms with Crippen LogP contribution >= 0.6 is 0 Å². The summed E-state index contributed by atoms with van der Waals surface area (Å²) >= 11 is 0. The van der Waals surface area contributed by atoms with Gasteiger partial charge in [0.05, 0.1) is 17.3 Å². The maximum atomic E-state index is 12.9. The zero-order chi connectivity index (χ0) is 23.4. The maximum Gasteiger partial charge on any atom is 0.258 e. The van der Waals surface area contributed by atoms with Crippen LogP contribution in [0.4, 0.5) is 11.9 Å². The van der Waals surface area contributed by atoms with Crippen LogP contribution in [0.5, 0.6) is 0 Å². The van der Waals surface area contributed by atoms with Crippen molar-refractivity contribution in [2.75, 3.05) is 10.6 Å². The molecule has 8 nitrogen and oxygen atoms in total. The maximum absolute atomic E-state index is 12.9. The van der Waals surface area contributed by atoms with Crippen molar-refractivity contribution in [2.45, 2.75) is 13.8 Å². The smallest absolute Gasteiger partial charge is 0.258 e. The Hall–Kier alpha value is -4.77. The van der Waals surface area contributed by atoms with Gasteiger partial charge in [0, 0.05) is 11.1 Å². The quantitative estimate of drug-likeness (QED) is 0.485. The normalized spacial score (nSPS) is 10.3. The molecule has 0 bridgehead atoms. The Labute approximate surface area is 190 Å². The van der Waals surface area contributed by atoms with Crippen molar-refractivity contribution in [3.8, 4) is 11.8 Å². The minimum atomic E-state index is -0.359. The highest BCUT2D eigenvalue weighted by Crippen LogP contribution is 2.19. The number of aromatic nitrogens is 3. The third kappa shape index (κ3) is 4.62. The van der Waals surface area contributed by atoms with E-state index in [9.17, 15) is 9.59 Å². The van der Waals surface area contributed by atoms with Gasteiger partial charge in [-0.1, -0.05) is 36.4 Å². The molecule has 0 aliphatic rings. The second-order valence-corrected chi connectivity index (χ2v) is 7.37. The SMILES string of the molecule is Cc1ccccc1C(=O)Nc1nc(NC(=O)c2ccccc2C)n(-c2ccc(C#N)cc2)n1. The molecule has 0 unspecified atom stereocenters. The van der Waals surface area contributed by atoms with Crippen molar-refractivity contribution in [1.29, 1.82) is 5.26 Å². The first-order chi connectivity index (χ1) is 16.0. The van der Waals surface area contributed by atoms with Gasteiger partial charge in [0.15, 0.2) is 0 Å². The van der Waals surface area contributed by atoms with E-state index in [1.54, 1.807) is 48.5 Å². The van der Waals surface area contributed by atoms with E-state index < -0.39 is 0 Å². The van der Waals surface area contributed by atoms with E-state index in [2.05, 4.69) is 26.8 Å². The van der Waals surface area contributed by atoms with Gasteiger partial charge in [-0.3, -0.25) is 20.2 Å². The first-order valence-electron chi connectivity index (χ1n) is 10.2. The number of hydrogen-bond acceptors (Lipinski definition) is 5. The Kier molecular flexibility index (Phi) is 5.96. The van der Waals surface area contributed by atoms with E-state index in [1.807, 2.05) is 38.1 Å². The lowest BCUT2D eigenvalue weighted by Gasteiger charge is -2.08. The van der Waals surface area contributed by atoms with Crippen molar-refractivity contribution < 1.29 is 9.59 Å². The minimum absolute atomic E-state index is 0.0349. The summed E-state index contributed by atoms with van der Waals surface area (Å²) in [6, 6.07) is 23.1. The molecule has 33 heavy (non-hydrogen) atoms. The molecule has 0 radical (unpaired) electrons. The fourth-order valence-electron chi connectivity index (χ4n) is 3.30. The number of rotatable bonds is 5. The second-order valence-electron chi connectivity index (χ2n) is 7.37. The molecule has 4 rings (SSSR count). The van der Waals surface area contributed by atoms with Crippen molar-refractivity contribution >= 4 is 23.7 Å². The van der Waals surface area contributed by atoms with Gasteiger partial charge in [-0.25, -0.2) is 0 Å². The fourth-order valence-corrected chi connectivity index (χ4v) is 3.30. The Morgan fingerprint density at radius 1 is 0.818 bits per heavy atom. The molecule has 8 heteroatoms. The van der Waals surface area contributed by atoms with Gasteiger partial charge in [0.2, 0.25) is 5.95 Å². The highest BCUT2D eigenvalue weighted by atomic mass is 16.2. The standard InChI is InChI=1S/C25H20N6O2/c1-16-7-3-5-9-20(16)22(32)27-24-29-25(28-23(33)21-10-6-4-8-17(21)2)31(30-24)19-13-11-18(15-26)12-14-19/h3-14H,1-2H3,(H2,27,28,29,30,32,33). The summed E-state index contributed by atoms with van der Waals surface area (Å²) < 4.78 is 1.41. The van der Waals surface area contributed by atoms with Crippen LogP contribution in [0.2, 0.25) is 0 Å². The average molecular weight is 436 g/mol. The number of benzene rings is 3. The molecule has 4 aromatic rings. The first kappa shape index (κ1) is 21.5. The molecule has 0 saturated carbocycles. The van der Waals surface area contributed by atoms with Crippen molar-refractivity contribution in [3.63, 3.8) is 0 Å². The Bertz CT molecular complexity index is 1380. The van der Waals surface area contributed by atoms with E-state index in [-0.39, 0.29) is 23.7 Å². The van der Waals surface area contributed by atoms with E-state index in [1.165, 1.54) is 4.68 Å². The summed E-state index contributed by atoms with van der Waals surface area (Å²) in [4.78, 5) is 30.0. The number of aryl methyl sites for hydroxylation is 2. The van der Waals surface area contributed by atoms with Gasteiger partial charge < -0.3 is 0 Å². The van der Waals surface area contributed by atoms with Crippen molar-refractivity contribution in [2.24, 2.45) is 0 Å². The first-order valence-corrected chi connectivity index (χ1v) is 10.2. The van der Waals surface area contributed by atoms with Crippen LogP contribution in [-0.2, 0) is 0 Å². The van der Waals surface area contributed by atoms with Gasteiger partial charge in [-0.15, -0.1) is 5.10 Å². The molecule has 2 amide bonds. The van der Waals surface area contributed by atoms with Gasteiger partial charge >= 0.3 is 0 Å². The van der Waals surface area contributed by atoms with E-state index in [0.29, 0.717) is 22.4 Å². The molecule has 3 aromatic carbocycles. The van der Waals surface area contributed by atoms with Crippen LogP contribution in [0.3, 0.4) is 0 Å². The van der Waals surface area contributed by atoms with Gasteiger partial charge in [-0.2, -0.15) is 14.9 Å². The minimum Gasteiger partial charge on any atom is -0.290 e. The third-order valence-corrected chi connectivity index (χ3v) is 5.08. The number of carbonyl (C=O) groups is 2. The zero-order valence-electron chi connectivity index (χ0n) is 18.0. The Morgan fingerprint density at radius 2 is 1.36 bits per heavy atom. The van der Waals surface area contributed by atoms with E-state index in [0.717, 1.165) is 11.1 Å². The lowest BCUT2D eigenvalue weighted by Crippen LogP contribution is -2.17.